The molecule has 1 unspecified atom stereocenters. The normalized spacial score (nSPS) is 18.5. The smallest absolute Gasteiger partial charge is 0.338 e. The van der Waals surface area contributed by atoms with Crippen LogP contribution < -0.4 is 5.32 Å². The molecule has 0 radical (unpaired) electrons. The molecule has 0 spiro atoms. The van der Waals surface area contributed by atoms with Crippen molar-refractivity contribution in [2.75, 3.05) is 26.7 Å². The van der Waals surface area contributed by atoms with Gasteiger partial charge in [-0.15, -0.1) is 12.4 Å². The predicted octanol–water partition coefficient (Wildman–Crippen LogP) is 2.90. The highest BCUT2D eigenvalue weighted by Crippen LogP contribution is 2.28. The quantitative estimate of drug-likeness (QED) is 0.910. The second kappa shape index (κ2) is 7.97. The number of hydrogen-bond acceptors (Lipinski definition) is 3. The number of hydrogen-bond donors (Lipinski definition) is 1. The van der Waals surface area contributed by atoms with Crippen molar-refractivity contribution < 1.29 is 18.0 Å². The number of nitrogens with one attached hydrogen (secondary N) is 1. The Hall–Kier alpha value is -1.34. The summed E-state index contributed by atoms with van der Waals surface area (Å²) in [4.78, 5) is 17.8. The topological polar surface area (TPSA) is 45.2 Å². The summed E-state index contributed by atoms with van der Waals surface area (Å²) >= 11 is 0. The first kappa shape index (κ1) is 19.7. The molecule has 0 aromatic carbocycles. The summed E-state index contributed by atoms with van der Waals surface area (Å²) in [7, 11) is 1.87. The number of aromatic nitrogens is 1. The van der Waals surface area contributed by atoms with Crippen LogP contribution in [0.4, 0.5) is 13.2 Å². The molecule has 0 bridgehead atoms. The van der Waals surface area contributed by atoms with Crippen LogP contribution in [0.3, 0.4) is 0 Å². The summed E-state index contributed by atoms with van der Waals surface area (Å²) < 4.78 is 37.9. The van der Waals surface area contributed by atoms with E-state index in [0.29, 0.717) is 19.0 Å². The Kier molecular flexibility index (Phi) is 6.83. The Bertz CT molecular complexity index is 549. The number of nitrogens with zero attached hydrogens (tertiary/aromatic N) is 2. The minimum Gasteiger partial charge on any atom is -0.338 e. The summed E-state index contributed by atoms with van der Waals surface area (Å²) in [6, 6.07) is 2.10. The number of alkyl halides is 3. The number of piperidine rings is 1. The first-order chi connectivity index (χ1) is 10.3. The number of pyridine rings is 1. The predicted molar refractivity (Wildman–Crippen MR) is 83.8 cm³/mol. The maximum atomic E-state index is 12.6. The fraction of sp³-hybridized carbons (Fsp3) is 0.600. The summed E-state index contributed by atoms with van der Waals surface area (Å²) in [5.74, 6) is 0.143. The molecule has 1 aliphatic rings. The molecule has 4 nitrogen and oxygen atoms in total. The van der Waals surface area contributed by atoms with Crippen LogP contribution in [-0.2, 0) is 6.18 Å². The average Bonchev–Trinajstić information content (AvgIpc) is 2.46. The van der Waals surface area contributed by atoms with Crippen molar-refractivity contribution in [3.63, 3.8) is 0 Å². The monoisotopic (exact) mass is 351 g/mol. The van der Waals surface area contributed by atoms with Gasteiger partial charge in [-0.1, -0.05) is 0 Å². The molecule has 1 aliphatic heterocycles. The van der Waals surface area contributed by atoms with Crippen molar-refractivity contribution in [3.8, 4) is 0 Å². The molecular formula is C15H21ClF3N3O. The summed E-state index contributed by atoms with van der Waals surface area (Å²) in [5, 5.41) is 3.10. The van der Waals surface area contributed by atoms with Gasteiger partial charge in [0.2, 0.25) is 0 Å². The van der Waals surface area contributed by atoms with Gasteiger partial charge in [0.25, 0.3) is 5.91 Å². The SMILES string of the molecule is CNCC1CCCN(C(=O)c2ccc(C(F)(F)F)nc2C)C1.Cl. The lowest BCUT2D eigenvalue weighted by molar-refractivity contribution is -0.141. The zero-order valence-corrected chi connectivity index (χ0v) is 13.9. The van der Waals surface area contributed by atoms with Gasteiger partial charge in [0.05, 0.1) is 11.3 Å². The standard InChI is InChI=1S/C15H20F3N3O.ClH/c1-10-12(5-6-13(20-10)15(16,17)18)14(22)21-7-3-4-11(9-21)8-19-2;/h5-6,11,19H,3-4,7-9H2,1-2H3;1H. The van der Waals surface area contributed by atoms with E-state index in [1.165, 1.54) is 13.0 Å². The van der Waals surface area contributed by atoms with Crippen LogP contribution in [0.5, 0.6) is 0 Å². The van der Waals surface area contributed by atoms with Crippen LogP contribution in [-0.4, -0.2) is 42.5 Å². The molecule has 8 heteroatoms. The number of carbonyl (C=O) groups excluding carboxylic acids is 1. The summed E-state index contributed by atoms with van der Waals surface area (Å²) in [5.41, 5.74) is -0.595. The molecule has 1 fully saturated rings. The molecule has 23 heavy (non-hydrogen) atoms. The van der Waals surface area contributed by atoms with Crippen molar-refractivity contribution in [1.82, 2.24) is 15.2 Å². The van der Waals surface area contributed by atoms with E-state index in [4.69, 9.17) is 0 Å². The van der Waals surface area contributed by atoms with Crippen molar-refractivity contribution in [3.05, 3.63) is 29.1 Å². The average molecular weight is 352 g/mol. The highest BCUT2D eigenvalue weighted by atomic mass is 35.5. The van der Waals surface area contributed by atoms with Crippen molar-refractivity contribution in [2.45, 2.75) is 25.9 Å². The molecule has 1 amide bonds. The van der Waals surface area contributed by atoms with Crippen LogP contribution in [0, 0.1) is 12.8 Å². The number of rotatable bonds is 3. The number of amides is 1. The molecule has 0 aliphatic carbocycles. The Morgan fingerprint density at radius 1 is 1.43 bits per heavy atom. The highest BCUT2D eigenvalue weighted by Gasteiger charge is 2.33. The Morgan fingerprint density at radius 3 is 2.70 bits per heavy atom. The van der Waals surface area contributed by atoms with Crippen molar-refractivity contribution in [2.24, 2.45) is 5.92 Å². The van der Waals surface area contributed by atoms with Crippen molar-refractivity contribution in [1.29, 1.82) is 0 Å². The van der Waals surface area contributed by atoms with Crippen LogP contribution in [0.15, 0.2) is 12.1 Å². The van der Waals surface area contributed by atoms with Crippen LogP contribution in [0.1, 0.15) is 34.6 Å². The first-order valence-electron chi connectivity index (χ1n) is 7.31. The van der Waals surface area contributed by atoms with E-state index in [0.717, 1.165) is 25.5 Å². The number of aryl methyl sites for hydroxylation is 1. The maximum absolute atomic E-state index is 12.6. The summed E-state index contributed by atoms with van der Waals surface area (Å²) in [6.07, 6.45) is -2.53. The third-order valence-electron chi connectivity index (χ3n) is 3.91. The summed E-state index contributed by atoms with van der Waals surface area (Å²) in [6.45, 7) is 3.53. The number of halogens is 4. The van der Waals surface area contributed by atoms with Gasteiger partial charge in [0.1, 0.15) is 5.69 Å². The van der Waals surface area contributed by atoms with E-state index in [1.54, 1.807) is 4.90 Å². The molecule has 1 aromatic rings. The molecular weight excluding hydrogens is 331 g/mol. The third kappa shape index (κ3) is 4.81. The highest BCUT2D eigenvalue weighted by molar-refractivity contribution is 5.95. The second-order valence-corrected chi connectivity index (χ2v) is 5.64. The zero-order valence-electron chi connectivity index (χ0n) is 13.1. The van der Waals surface area contributed by atoms with Gasteiger partial charge in [-0.2, -0.15) is 13.2 Å². The molecule has 130 valence electrons. The Morgan fingerprint density at radius 2 is 2.13 bits per heavy atom. The Balaban J connectivity index is 0.00000264. The minimum absolute atomic E-state index is 0. The largest absolute Gasteiger partial charge is 0.433 e. The number of likely N-dealkylation sites (tertiary alicyclic amines) is 1. The van der Waals surface area contributed by atoms with Gasteiger partial charge in [-0.3, -0.25) is 4.79 Å². The molecule has 2 rings (SSSR count). The molecule has 2 heterocycles. The van der Waals surface area contributed by atoms with Crippen LogP contribution in [0.25, 0.3) is 0 Å². The van der Waals surface area contributed by atoms with Crippen LogP contribution >= 0.6 is 12.4 Å². The second-order valence-electron chi connectivity index (χ2n) is 5.64. The van der Waals surface area contributed by atoms with Gasteiger partial charge < -0.3 is 10.2 Å². The maximum Gasteiger partial charge on any atom is 0.433 e. The molecule has 0 saturated carbocycles. The van der Waals surface area contributed by atoms with Gasteiger partial charge in [-0.25, -0.2) is 4.98 Å². The van der Waals surface area contributed by atoms with E-state index in [-0.39, 0.29) is 29.6 Å². The van der Waals surface area contributed by atoms with Gasteiger partial charge >= 0.3 is 6.18 Å². The third-order valence-corrected chi connectivity index (χ3v) is 3.91. The molecule has 1 aromatic heterocycles. The van der Waals surface area contributed by atoms with E-state index in [2.05, 4.69) is 10.3 Å². The van der Waals surface area contributed by atoms with E-state index in [1.807, 2.05) is 7.05 Å². The van der Waals surface area contributed by atoms with E-state index < -0.39 is 11.9 Å². The van der Waals surface area contributed by atoms with Gasteiger partial charge in [-0.05, 0) is 51.4 Å². The van der Waals surface area contributed by atoms with Gasteiger partial charge in [0.15, 0.2) is 0 Å². The van der Waals surface area contributed by atoms with Crippen LogP contribution in [0.2, 0.25) is 0 Å². The lowest BCUT2D eigenvalue weighted by atomic mass is 9.97. The fourth-order valence-electron chi connectivity index (χ4n) is 2.82. The lowest BCUT2D eigenvalue weighted by Gasteiger charge is -2.33. The minimum atomic E-state index is -4.49. The fourth-order valence-corrected chi connectivity index (χ4v) is 2.82. The lowest BCUT2D eigenvalue weighted by Crippen LogP contribution is -2.42. The zero-order chi connectivity index (χ0) is 16.3. The number of carbonyl (C=O) groups is 1. The Labute approximate surface area is 139 Å². The van der Waals surface area contributed by atoms with Crippen molar-refractivity contribution >= 4 is 18.3 Å². The van der Waals surface area contributed by atoms with E-state index >= 15 is 0 Å². The molecule has 1 atom stereocenters. The van der Waals surface area contributed by atoms with E-state index in [9.17, 15) is 18.0 Å². The molecule has 1 saturated heterocycles. The molecule has 1 N–H and O–H groups in total. The first-order valence-corrected chi connectivity index (χ1v) is 7.31. The van der Waals surface area contributed by atoms with Gasteiger partial charge in [0, 0.05) is 13.1 Å².